The summed E-state index contributed by atoms with van der Waals surface area (Å²) in [7, 11) is 0. The van der Waals surface area contributed by atoms with Gasteiger partial charge >= 0.3 is 0 Å². The summed E-state index contributed by atoms with van der Waals surface area (Å²) in [6.45, 7) is 0. The number of imide groups is 1. The van der Waals surface area contributed by atoms with Gasteiger partial charge in [-0.05, 0) is 29.5 Å². The molecule has 1 aliphatic carbocycles. The molecule has 1 saturated carbocycles. The fourth-order valence-corrected chi connectivity index (χ4v) is 3.20. The molecule has 1 heterocycles. The molecular formula is C15H16FNO2. The van der Waals surface area contributed by atoms with Gasteiger partial charge in [0, 0.05) is 6.42 Å². The maximum Gasteiger partial charge on any atom is 0.234 e. The fraction of sp³-hybridized carbons (Fsp3) is 0.467. The molecule has 2 aliphatic rings. The Labute approximate surface area is 111 Å². The first-order valence-electron chi connectivity index (χ1n) is 6.74. The van der Waals surface area contributed by atoms with Crippen LogP contribution in [0.3, 0.4) is 0 Å². The van der Waals surface area contributed by atoms with Crippen molar-refractivity contribution in [2.75, 3.05) is 0 Å². The molecule has 0 bridgehead atoms. The van der Waals surface area contributed by atoms with Crippen LogP contribution in [0.15, 0.2) is 24.3 Å². The van der Waals surface area contributed by atoms with Crippen LogP contribution in [0.4, 0.5) is 4.39 Å². The molecule has 1 saturated heterocycles. The number of rotatable bonds is 2. The van der Waals surface area contributed by atoms with Gasteiger partial charge < -0.3 is 0 Å². The van der Waals surface area contributed by atoms with Crippen LogP contribution < -0.4 is 5.32 Å². The number of hydrogen-bond donors (Lipinski definition) is 1. The third-order valence-electron chi connectivity index (χ3n) is 4.36. The summed E-state index contributed by atoms with van der Waals surface area (Å²) < 4.78 is 13.4. The van der Waals surface area contributed by atoms with Crippen LogP contribution in [0.2, 0.25) is 0 Å². The Morgan fingerprint density at radius 3 is 2.63 bits per heavy atom. The van der Waals surface area contributed by atoms with Gasteiger partial charge in [-0.3, -0.25) is 14.9 Å². The van der Waals surface area contributed by atoms with E-state index < -0.39 is 5.92 Å². The molecule has 3 nitrogen and oxygen atoms in total. The number of hydrogen-bond acceptors (Lipinski definition) is 2. The maximum atomic E-state index is 13.4. The van der Waals surface area contributed by atoms with Gasteiger partial charge in [0.1, 0.15) is 5.82 Å². The first-order valence-corrected chi connectivity index (χ1v) is 6.74. The Balaban J connectivity index is 1.94. The van der Waals surface area contributed by atoms with Gasteiger partial charge in [-0.2, -0.15) is 0 Å². The zero-order valence-corrected chi connectivity index (χ0v) is 10.6. The smallest absolute Gasteiger partial charge is 0.234 e. The van der Waals surface area contributed by atoms with E-state index in [2.05, 4.69) is 5.32 Å². The molecule has 1 aliphatic heterocycles. The second kappa shape index (κ2) is 4.76. The summed E-state index contributed by atoms with van der Waals surface area (Å²) in [5.74, 6) is -0.762. The van der Waals surface area contributed by atoms with Crippen molar-refractivity contribution in [3.05, 3.63) is 35.6 Å². The van der Waals surface area contributed by atoms with Crippen molar-refractivity contribution in [1.29, 1.82) is 0 Å². The molecule has 1 aromatic rings. The molecule has 2 atom stereocenters. The molecular weight excluding hydrogens is 245 g/mol. The van der Waals surface area contributed by atoms with Crippen LogP contribution in [0.25, 0.3) is 0 Å². The molecule has 3 rings (SSSR count). The summed E-state index contributed by atoms with van der Waals surface area (Å²) >= 11 is 0. The minimum atomic E-state index is -0.390. The summed E-state index contributed by atoms with van der Waals surface area (Å²) in [5, 5.41) is 2.38. The molecule has 1 aromatic carbocycles. The third-order valence-corrected chi connectivity index (χ3v) is 4.36. The lowest BCUT2D eigenvalue weighted by atomic mass is 9.66. The van der Waals surface area contributed by atoms with Gasteiger partial charge in [-0.15, -0.1) is 0 Å². The van der Waals surface area contributed by atoms with E-state index in [0.717, 1.165) is 19.3 Å². The van der Waals surface area contributed by atoms with Crippen LogP contribution in [0, 0.1) is 17.7 Å². The van der Waals surface area contributed by atoms with Crippen LogP contribution in [0.1, 0.15) is 37.2 Å². The van der Waals surface area contributed by atoms with Crippen molar-refractivity contribution < 1.29 is 14.0 Å². The topological polar surface area (TPSA) is 46.2 Å². The van der Waals surface area contributed by atoms with E-state index in [-0.39, 0.29) is 23.5 Å². The number of nitrogens with one attached hydrogen (secondary N) is 1. The Hall–Kier alpha value is -1.71. The highest BCUT2D eigenvalue weighted by atomic mass is 19.1. The second-order valence-corrected chi connectivity index (χ2v) is 5.50. The summed E-state index contributed by atoms with van der Waals surface area (Å²) in [4.78, 5) is 23.7. The van der Waals surface area contributed by atoms with E-state index >= 15 is 0 Å². The Bertz CT molecular complexity index is 525. The lowest BCUT2D eigenvalue weighted by molar-refractivity contribution is -0.138. The summed E-state index contributed by atoms with van der Waals surface area (Å²) in [5.41, 5.74) is 0.682. The Morgan fingerprint density at radius 1 is 1.21 bits per heavy atom. The molecule has 19 heavy (non-hydrogen) atoms. The van der Waals surface area contributed by atoms with Crippen LogP contribution in [-0.2, 0) is 9.59 Å². The van der Waals surface area contributed by atoms with Gasteiger partial charge in [0.25, 0.3) is 0 Å². The van der Waals surface area contributed by atoms with E-state index in [4.69, 9.17) is 0 Å². The lowest BCUT2D eigenvalue weighted by Gasteiger charge is -2.40. The average molecular weight is 261 g/mol. The number of halogens is 1. The van der Waals surface area contributed by atoms with E-state index in [9.17, 15) is 14.0 Å². The van der Waals surface area contributed by atoms with Crippen LogP contribution in [-0.4, -0.2) is 11.8 Å². The largest absolute Gasteiger partial charge is 0.296 e. The average Bonchev–Trinajstić information content (AvgIpc) is 2.25. The number of benzene rings is 1. The monoisotopic (exact) mass is 261 g/mol. The fourth-order valence-electron chi connectivity index (χ4n) is 3.20. The predicted molar refractivity (Wildman–Crippen MR) is 67.7 cm³/mol. The molecule has 2 fully saturated rings. The highest BCUT2D eigenvalue weighted by Crippen LogP contribution is 2.44. The van der Waals surface area contributed by atoms with Crippen molar-refractivity contribution in [2.24, 2.45) is 11.8 Å². The third kappa shape index (κ3) is 2.27. The van der Waals surface area contributed by atoms with Crippen LogP contribution >= 0.6 is 0 Å². The second-order valence-electron chi connectivity index (χ2n) is 5.50. The van der Waals surface area contributed by atoms with Gasteiger partial charge in [-0.25, -0.2) is 4.39 Å². The van der Waals surface area contributed by atoms with E-state index in [1.165, 1.54) is 12.1 Å². The first-order chi connectivity index (χ1) is 9.15. The minimum absolute atomic E-state index is 0.0248. The Kier molecular flexibility index (Phi) is 3.09. The minimum Gasteiger partial charge on any atom is -0.296 e. The molecule has 100 valence electrons. The zero-order valence-electron chi connectivity index (χ0n) is 10.6. The van der Waals surface area contributed by atoms with Crippen molar-refractivity contribution in [1.82, 2.24) is 5.32 Å². The first kappa shape index (κ1) is 12.3. The number of carbonyl (C=O) groups is 2. The Morgan fingerprint density at radius 2 is 2.00 bits per heavy atom. The number of carbonyl (C=O) groups excluding carboxylic acids is 2. The van der Waals surface area contributed by atoms with E-state index in [1.807, 2.05) is 0 Å². The van der Waals surface area contributed by atoms with Gasteiger partial charge in [0.15, 0.2) is 0 Å². The highest BCUT2D eigenvalue weighted by Gasteiger charge is 2.42. The SMILES string of the molecule is O=C1CC(C2CCC2)C(c2cccc(F)c2)C(=O)N1. The summed E-state index contributed by atoms with van der Waals surface area (Å²) in [6.07, 6.45) is 3.67. The van der Waals surface area contributed by atoms with Crippen molar-refractivity contribution in [3.63, 3.8) is 0 Å². The zero-order chi connectivity index (χ0) is 13.4. The maximum absolute atomic E-state index is 13.4. The quantitative estimate of drug-likeness (QED) is 0.831. The van der Waals surface area contributed by atoms with Gasteiger partial charge in [-0.1, -0.05) is 31.4 Å². The van der Waals surface area contributed by atoms with Crippen molar-refractivity contribution >= 4 is 11.8 Å². The van der Waals surface area contributed by atoms with Crippen molar-refractivity contribution in [3.8, 4) is 0 Å². The highest BCUT2D eigenvalue weighted by molar-refractivity contribution is 6.01. The van der Waals surface area contributed by atoms with E-state index in [1.54, 1.807) is 12.1 Å². The normalized spacial score (nSPS) is 27.8. The molecule has 4 heteroatoms. The molecule has 1 N–H and O–H groups in total. The number of amides is 2. The molecule has 0 radical (unpaired) electrons. The standard InChI is InChI=1S/C15H16FNO2/c16-11-6-2-5-10(7-11)14-12(9-3-1-4-9)8-13(18)17-15(14)19/h2,5-7,9,12,14H,1,3-4,8H2,(H,17,18,19). The number of piperidine rings is 1. The van der Waals surface area contributed by atoms with E-state index in [0.29, 0.717) is 17.9 Å². The van der Waals surface area contributed by atoms with Crippen molar-refractivity contribution in [2.45, 2.75) is 31.6 Å². The molecule has 2 unspecified atom stereocenters. The molecule has 0 spiro atoms. The summed E-state index contributed by atoms with van der Waals surface area (Å²) in [6, 6.07) is 6.17. The predicted octanol–water partition coefficient (Wildman–Crippen LogP) is 2.37. The van der Waals surface area contributed by atoms with Gasteiger partial charge in [0.05, 0.1) is 5.92 Å². The lowest BCUT2D eigenvalue weighted by Crippen LogP contribution is -2.47. The van der Waals surface area contributed by atoms with Gasteiger partial charge in [0.2, 0.25) is 11.8 Å². The van der Waals surface area contributed by atoms with Crippen LogP contribution in [0.5, 0.6) is 0 Å². The molecule has 0 aromatic heterocycles. The molecule has 2 amide bonds.